The number of anilines is 1. The van der Waals surface area contributed by atoms with Gasteiger partial charge in [0.15, 0.2) is 5.78 Å². The molecule has 1 atom stereocenters. The van der Waals surface area contributed by atoms with Crippen LogP contribution in [0.5, 0.6) is 0 Å². The monoisotopic (exact) mass is 316 g/mol. The zero-order chi connectivity index (χ0) is 13.0. The molecule has 2 aromatic rings. The lowest BCUT2D eigenvalue weighted by molar-refractivity contribution is -0.119. The molecule has 0 radical (unpaired) electrons. The van der Waals surface area contributed by atoms with Crippen LogP contribution in [0.1, 0.15) is 11.3 Å². The fourth-order valence-corrected chi connectivity index (χ4v) is 1.78. The van der Waals surface area contributed by atoms with Crippen molar-refractivity contribution in [3.05, 3.63) is 48.0 Å². The molecule has 20 heavy (non-hydrogen) atoms. The van der Waals surface area contributed by atoms with Crippen LogP contribution in [0.25, 0.3) is 0 Å². The molecule has 0 spiro atoms. The zero-order valence-electron chi connectivity index (χ0n) is 10.8. The zero-order valence-corrected chi connectivity index (χ0v) is 12.4. The SMILES string of the molecule is Cl.Cl.Nc1cccc(CC(=O)[C@@H](N)Cc2cnc[nH]2)c1. The van der Waals surface area contributed by atoms with Gasteiger partial charge in [-0.2, -0.15) is 0 Å². The fourth-order valence-electron chi connectivity index (χ4n) is 1.78. The van der Waals surface area contributed by atoms with E-state index in [1.54, 1.807) is 24.7 Å². The number of ketones is 1. The van der Waals surface area contributed by atoms with Crippen molar-refractivity contribution in [2.75, 3.05) is 5.73 Å². The molecule has 0 unspecified atom stereocenters. The van der Waals surface area contributed by atoms with E-state index in [1.165, 1.54) is 0 Å². The highest BCUT2D eigenvalue weighted by Gasteiger charge is 2.15. The summed E-state index contributed by atoms with van der Waals surface area (Å²) in [5.41, 5.74) is 13.9. The smallest absolute Gasteiger partial charge is 0.154 e. The third kappa shape index (κ3) is 5.21. The van der Waals surface area contributed by atoms with Gasteiger partial charge in [0.05, 0.1) is 12.4 Å². The van der Waals surface area contributed by atoms with Crippen LogP contribution in [0.15, 0.2) is 36.8 Å². The topological polar surface area (TPSA) is 97.8 Å². The van der Waals surface area contributed by atoms with Gasteiger partial charge in [0.2, 0.25) is 0 Å². The van der Waals surface area contributed by atoms with E-state index in [-0.39, 0.29) is 30.6 Å². The van der Waals surface area contributed by atoms with Gasteiger partial charge < -0.3 is 16.5 Å². The van der Waals surface area contributed by atoms with E-state index in [0.717, 1.165) is 11.3 Å². The maximum atomic E-state index is 11.9. The third-order valence-corrected chi connectivity index (χ3v) is 2.74. The predicted molar refractivity (Wildman–Crippen MR) is 84.3 cm³/mol. The molecule has 0 aliphatic carbocycles. The lowest BCUT2D eigenvalue weighted by Gasteiger charge is -2.09. The summed E-state index contributed by atoms with van der Waals surface area (Å²) in [7, 11) is 0. The number of imidazole rings is 1. The molecule has 1 aromatic heterocycles. The molecule has 5 N–H and O–H groups in total. The number of benzene rings is 1. The van der Waals surface area contributed by atoms with Gasteiger partial charge in [0, 0.05) is 30.4 Å². The van der Waals surface area contributed by atoms with Crippen molar-refractivity contribution < 1.29 is 4.79 Å². The molecular weight excluding hydrogens is 299 g/mol. The first-order valence-corrected chi connectivity index (χ1v) is 5.75. The number of nitrogen functional groups attached to an aromatic ring is 1. The first-order chi connectivity index (χ1) is 8.65. The van der Waals surface area contributed by atoms with Crippen LogP contribution in [0.3, 0.4) is 0 Å². The predicted octanol–water partition coefficient (Wildman–Crippen LogP) is 1.52. The molecule has 1 heterocycles. The van der Waals surface area contributed by atoms with E-state index in [4.69, 9.17) is 11.5 Å². The lowest BCUT2D eigenvalue weighted by Crippen LogP contribution is -2.34. The van der Waals surface area contributed by atoms with E-state index in [0.29, 0.717) is 18.5 Å². The Morgan fingerprint density at radius 1 is 1.35 bits per heavy atom. The molecule has 0 amide bonds. The first-order valence-electron chi connectivity index (χ1n) is 5.75. The number of Topliss-reactive ketones (excluding diaryl/α,β-unsaturated/α-hetero) is 1. The van der Waals surface area contributed by atoms with E-state index in [1.807, 2.05) is 12.1 Å². The normalized spacial score (nSPS) is 11.1. The number of nitrogens with one attached hydrogen (secondary N) is 1. The second-order valence-corrected chi connectivity index (χ2v) is 4.28. The Hall–Kier alpha value is -1.56. The molecular formula is C13H18Cl2N4O. The Balaban J connectivity index is 0.00000180. The number of aromatic amines is 1. The van der Waals surface area contributed by atoms with Crippen LogP contribution in [0, 0.1) is 0 Å². The van der Waals surface area contributed by atoms with Gasteiger partial charge in [0.25, 0.3) is 0 Å². The van der Waals surface area contributed by atoms with Crippen LogP contribution < -0.4 is 11.5 Å². The summed E-state index contributed by atoms with van der Waals surface area (Å²) in [6, 6.07) is 6.77. The Morgan fingerprint density at radius 3 is 2.70 bits per heavy atom. The van der Waals surface area contributed by atoms with Crippen LogP contribution in [-0.4, -0.2) is 21.8 Å². The molecule has 1 aromatic carbocycles. The number of hydrogen-bond acceptors (Lipinski definition) is 4. The average Bonchev–Trinajstić information content (AvgIpc) is 2.81. The van der Waals surface area contributed by atoms with Crippen molar-refractivity contribution in [3.63, 3.8) is 0 Å². The molecule has 7 heteroatoms. The van der Waals surface area contributed by atoms with Crippen LogP contribution in [0.2, 0.25) is 0 Å². The summed E-state index contributed by atoms with van der Waals surface area (Å²) in [4.78, 5) is 18.8. The maximum absolute atomic E-state index is 11.9. The van der Waals surface area contributed by atoms with Gasteiger partial charge in [-0.25, -0.2) is 4.98 Å². The highest BCUT2D eigenvalue weighted by Crippen LogP contribution is 2.09. The molecule has 0 saturated heterocycles. The molecule has 0 fully saturated rings. The summed E-state index contributed by atoms with van der Waals surface area (Å²) in [6.07, 6.45) is 4.03. The van der Waals surface area contributed by atoms with Gasteiger partial charge in [-0.3, -0.25) is 4.79 Å². The number of rotatable bonds is 5. The van der Waals surface area contributed by atoms with Crippen LogP contribution in [-0.2, 0) is 17.6 Å². The van der Waals surface area contributed by atoms with Crippen molar-refractivity contribution in [2.24, 2.45) is 5.73 Å². The quantitative estimate of drug-likeness (QED) is 0.728. The molecule has 110 valence electrons. The molecule has 0 saturated carbocycles. The second-order valence-electron chi connectivity index (χ2n) is 4.28. The highest BCUT2D eigenvalue weighted by molar-refractivity contribution is 5.86. The lowest BCUT2D eigenvalue weighted by atomic mass is 10.0. The average molecular weight is 317 g/mol. The molecule has 5 nitrogen and oxygen atoms in total. The number of carbonyl (C=O) groups excluding carboxylic acids is 1. The Labute approximate surface area is 130 Å². The minimum absolute atomic E-state index is 0. The van der Waals surface area contributed by atoms with Gasteiger partial charge >= 0.3 is 0 Å². The Bertz CT molecular complexity index is 531. The summed E-state index contributed by atoms with van der Waals surface area (Å²) in [6.45, 7) is 0. The van der Waals surface area contributed by atoms with Crippen LogP contribution >= 0.6 is 24.8 Å². The minimum atomic E-state index is -0.521. The van der Waals surface area contributed by atoms with Crippen molar-refractivity contribution >= 4 is 36.3 Å². The van der Waals surface area contributed by atoms with Crippen molar-refractivity contribution in [1.29, 1.82) is 0 Å². The van der Waals surface area contributed by atoms with Crippen LogP contribution in [0.4, 0.5) is 5.69 Å². The molecule has 0 aliphatic rings. The summed E-state index contributed by atoms with van der Waals surface area (Å²) in [5, 5.41) is 0. The van der Waals surface area contributed by atoms with Crippen molar-refractivity contribution in [1.82, 2.24) is 9.97 Å². The largest absolute Gasteiger partial charge is 0.399 e. The van der Waals surface area contributed by atoms with E-state index in [9.17, 15) is 4.79 Å². The van der Waals surface area contributed by atoms with E-state index in [2.05, 4.69) is 9.97 Å². The van der Waals surface area contributed by atoms with E-state index >= 15 is 0 Å². The van der Waals surface area contributed by atoms with Gasteiger partial charge in [0.1, 0.15) is 0 Å². The maximum Gasteiger partial charge on any atom is 0.154 e. The Kier molecular flexibility index (Phi) is 7.91. The fraction of sp³-hybridized carbons (Fsp3) is 0.231. The Morgan fingerprint density at radius 2 is 2.10 bits per heavy atom. The number of H-pyrrole nitrogens is 1. The van der Waals surface area contributed by atoms with E-state index < -0.39 is 6.04 Å². The summed E-state index contributed by atoms with van der Waals surface area (Å²) >= 11 is 0. The minimum Gasteiger partial charge on any atom is -0.399 e. The number of hydrogen-bond donors (Lipinski definition) is 3. The standard InChI is InChI=1S/C13H16N4O.2ClH/c14-10-3-1-2-9(4-10)5-13(18)12(15)6-11-7-16-8-17-11;;/h1-4,7-8,12H,5-6,14-15H2,(H,16,17);2*1H/t12-;;/m0../s1. The number of nitrogens with two attached hydrogens (primary N) is 2. The van der Waals surface area contributed by atoms with Gasteiger partial charge in [-0.1, -0.05) is 12.1 Å². The molecule has 0 bridgehead atoms. The summed E-state index contributed by atoms with van der Waals surface area (Å²) < 4.78 is 0. The van der Waals surface area contributed by atoms with Crippen molar-refractivity contribution in [3.8, 4) is 0 Å². The molecule has 0 aliphatic heterocycles. The number of aromatic nitrogens is 2. The first kappa shape index (κ1) is 18.4. The highest BCUT2D eigenvalue weighted by atomic mass is 35.5. The number of halogens is 2. The van der Waals surface area contributed by atoms with Gasteiger partial charge in [-0.15, -0.1) is 24.8 Å². The summed E-state index contributed by atoms with van der Waals surface area (Å²) in [5.74, 6) is -0.00444. The molecule has 2 rings (SSSR count). The second kappa shape index (κ2) is 8.58. The van der Waals surface area contributed by atoms with Crippen molar-refractivity contribution in [2.45, 2.75) is 18.9 Å². The van der Waals surface area contributed by atoms with Gasteiger partial charge in [-0.05, 0) is 17.7 Å². The number of nitrogens with zero attached hydrogens (tertiary/aromatic N) is 1. The number of carbonyl (C=O) groups is 1. The third-order valence-electron chi connectivity index (χ3n) is 2.74.